The van der Waals surface area contributed by atoms with E-state index >= 15 is 0 Å². The molecule has 0 bridgehead atoms. The van der Waals surface area contributed by atoms with Gasteiger partial charge in [-0.1, -0.05) is 68.4 Å². The predicted octanol–water partition coefficient (Wildman–Crippen LogP) is 1.25. The number of nitrogens with zero attached hydrogens (tertiary/aromatic N) is 1. The van der Waals surface area contributed by atoms with Crippen LogP contribution in [0.2, 0.25) is 0 Å². The van der Waals surface area contributed by atoms with E-state index in [1.165, 1.54) is 11.0 Å². The molecule has 1 rings (SSSR count). The molecule has 232 valence electrons. The van der Waals surface area contributed by atoms with Gasteiger partial charge in [0.1, 0.15) is 18.2 Å². The molecule has 0 aromatic rings. The standard InChI is InChI=1S/C29H50N6O6/c1-11-15-31-25(39)20(36)23(30-12-2)34-24(38)18-14-13-16-35(18)26(40)21(28(5,6)7)33-27(41)32-19(17(3)4)22(37)29(8,9)10/h11,17-19,21,23,30H,1,12-16H2,2-10H3,(H,31,39)(H,34,38)(H2,32,33,41)/t18-,19?,21?,23?/m0/s1. The van der Waals surface area contributed by atoms with Gasteiger partial charge in [-0.15, -0.1) is 6.58 Å². The van der Waals surface area contributed by atoms with Crippen LogP contribution in [0.15, 0.2) is 12.7 Å². The van der Waals surface area contributed by atoms with Gasteiger partial charge in [-0.3, -0.25) is 29.3 Å². The lowest BCUT2D eigenvalue weighted by Gasteiger charge is -2.36. The van der Waals surface area contributed by atoms with E-state index in [0.29, 0.717) is 19.4 Å². The molecule has 0 aromatic heterocycles. The Bertz CT molecular complexity index is 997. The Morgan fingerprint density at radius 2 is 1.59 bits per heavy atom. The van der Waals surface area contributed by atoms with Crippen molar-refractivity contribution in [3.63, 3.8) is 0 Å². The number of Topliss-reactive ketones (excluding diaryl/α,β-unsaturated/α-hetero) is 2. The van der Waals surface area contributed by atoms with E-state index in [9.17, 15) is 28.8 Å². The van der Waals surface area contributed by atoms with Crippen LogP contribution in [0, 0.1) is 16.7 Å². The molecular weight excluding hydrogens is 528 g/mol. The van der Waals surface area contributed by atoms with Gasteiger partial charge in [0, 0.05) is 18.5 Å². The Hall–Kier alpha value is -3.28. The molecule has 5 N–H and O–H groups in total. The SMILES string of the molecule is C=CCNC(=O)C(=O)C(NCC)NC(=O)[C@@H]1CCCN1C(=O)C(NC(=O)NC(C(=O)C(C)(C)C)C(C)C)C(C)(C)C. The first-order valence-corrected chi connectivity index (χ1v) is 14.2. The van der Waals surface area contributed by atoms with Gasteiger partial charge < -0.3 is 26.2 Å². The topological polar surface area (TPSA) is 166 Å². The number of hydrogen-bond acceptors (Lipinski definition) is 7. The van der Waals surface area contributed by atoms with Crippen molar-refractivity contribution < 1.29 is 28.8 Å². The monoisotopic (exact) mass is 578 g/mol. The van der Waals surface area contributed by atoms with Crippen molar-refractivity contribution >= 4 is 35.3 Å². The van der Waals surface area contributed by atoms with Crippen LogP contribution in [0.1, 0.15) is 75.2 Å². The molecule has 0 saturated carbocycles. The fraction of sp³-hybridized carbons (Fsp3) is 0.724. The smallest absolute Gasteiger partial charge is 0.316 e. The normalized spacial score (nSPS) is 17.7. The summed E-state index contributed by atoms with van der Waals surface area (Å²) in [4.78, 5) is 79.3. The summed E-state index contributed by atoms with van der Waals surface area (Å²) in [5.74, 6) is -3.07. The van der Waals surface area contributed by atoms with Crippen LogP contribution in [0.25, 0.3) is 0 Å². The second-order valence-corrected chi connectivity index (χ2v) is 12.8. The number of carbonyl (C=O) groups excluding carboxylic acids is 6. The molecule has 0 radical (unpaired) electrons. The first kappa shape index (κ1) is 35.7. The number of nitrogens with one attached hydrogen (secondary N) is 5. The van der Waals surface area contributed by atoms with E-state index < -0.39 is 64.7 Å². The molecule has 12 nitrogen and oxygen atoms in total. The molecule has 3 unspecified atom stereocenters. The molecule has 1 aliphatic heterocycles. The summed E-state index contributed by atoms with van der Waals surface area (Å²) in [6.45, 7) is 20.3. The quantitative estimate of drug-likeness (QED) is 0.125. The van der Waals surface area contributed by atoms with Crippen LogP contribution < -0.4 is 26.6 Å². The molecule has 0 spiro atoms. The first-order valence-electron chi connectivity index (χ1n) is 14.2. The first-order chi connectivity index (χ1) is 18.9. The highest BCUT2D eigenvalue weighted by molar-refractivity contribution is 6.38. The molecule has 1 fully saturated rings. The van der Waals surface area contributed by atoms with Crippen LogP contribution in [-0.4, -0.2) is 84.1 Å². The number of urea groups is 1. The number of amides is 5. The summed E-state index contributed by atoms with van der Waals surface area (Å²) < 4.78 is 0. The van der Waals surface area contributed by atoms with Crippen molar-refractivity contribution in [2.45, 2.75) is 99.4 Å². The summed E-state index contributed by atoms with van der Waals surface area (Å²) in [7, 11) is 0. The zero-order valence-electron chi connectivity index (χ0n) is 26.1. The van der Waals surface area contributed by atoms with Gasteiger partial charge in [0.15, 0.2) is 5.78 Å². The maximum absolute atomic E-state index is 13.8. The minimum Gasteiger partial charge on any atom is -0.346 e. The molecule has 1 aliphatic rings. The number of likely N-dealkylation sites (N-methyl/N-ethyl adjacent to an activating group) is 1. The Morgan fingerprint density at radius 1 is 0.976 bits per heavy atom. The van der Waals surface area contributed by atoms with E-state index in [1.54, 1.807) is 48.5 Å². The van der Waals surface area contributed by atoms with Crippen molar-refractivity contribution in [1.29, 1.82) is 0 Å². The zero-order chi connectivity index (χ0) is 31.7. The van der Waals surface area contributed by atoms with Crippen molar-refractivity contribution in [1.82, 2.24) is 31.5 Å². The highest BCUT2D eigenvalue weighted by atomic mass is 16.2. The third-order valence-electron chi connectivity index (χ3n) is 6.79. The Balaban J connectivity index is 3.11. The third kappa shape index (κ3) is 10.2. The Labute approximate surface area is 244 Å². The van der Waals surface area contributed by atoms with Gasteiger partial charge >= 0.3 is 6.03 Å². The summed E-state index contributed by atoms with van der Waals surface area (Å²) in [6, 6.07) is -3.31. The fourth-order valence-electron chi connectivity index (χ4n) is 4.47. The van der Waals surface area contributed by atoms with Gasteiger partial charge in [-0.2, -0.15) is 0 Å². The summed E-state index contributed by atoms with van der Waals surface area (Å²) >= 11 is 0. The average Bonchev–Trinajstić information content (AvgIpc) is 3.36. The van der Waals surface area contributed by atoms with Gasteiger partial charge in [-0.05, 0) is 30.7 Å². The van der Waals surface area contributed by atoms with Crippen LogP contribution in [-0.2, 0) is 24.0 Å². The molecular formula is C29H50N6O6. The highest BCUT2D eigenvalue weighted by Crippen LogP contribution is 2.26. The lowest BCUT2D eigenvalue weighted by molar-refractivity contribution is -0.144. The Kier molecular flexibility index (Phi) is 13.2. The molecule has 5 amide bonds. The van der Waals surface area contributed by atoms with Gasteiger partial charge in [0.2, 0.25) is 11.8 Å². The van der Waals surface area contributed by atoms with E-state index in [-0.39, 0.29) is 24.8 Å². The van der Waals surface area contributed by atoms with Gasteiger partial charge in [0.05, 0.1) is 6.04 Å². The fourth-order valence-corrected chi connectivity index (χ4v) is 4.47. The second kappa shape index (κ2) is 15.1. The third-order valence-corrected chi connectivity index (χ3v) is 6.79. The van der Waals surface area contributed by atoms with E-state index in [0.717, 1.165) is 0 Å². The van der Waals surface area contributed by atoms with Crippen LogP contribution in [0.4, 0.5) is 4.79 Å². The van der Waals surface area contributed by atoms with Crippen molar-refractivity contribution in [2.75, 3.05) is 19.6 Å². The van der Waals surface area contributed by atoms with Crippen LogP contribution >= 0.6 is 0 Å². The molecule has 0 aromatic carbocycles. The summed E-state index contributed by atoms with van der Waals surface area (Å²) in [5.41, 5.74) is -1.40. The van der Waals surface area contributed by atoms with Gasteiger partial charge in [-0.25, -0.2) is 4.79 Å². The molecule has 41 heavy (non-hydrogen) atoms. The maximum Gasteiger partial charge on any atom is 0.316 e. The minimum absolute atomic E-state index is 0.0965. The van der Waals surface area contributed by atoms with Crippen molar-refractivity contribution in [2.24, 2.45) is 16.7 Å². The number of carbonyl (C=O) groups is 6. The lowest BCUT2D eigenvalue weighted by atomic mass is 9.82. The lowest BCUT2D eigenvalue weighted by Crippen LogP contribution is -2.62. The minimum atomic E-state index is -1.27. The van der Waals surface area contributed by atoms with E-state index in [1.807, 2.05) is 13.8 Å². The second-order valence-electron chi connectivity index (χ2n) is 12.8. The van der Waals surface area contributed by atoms with Crippen molar-refractivity contribution in [3.05, 3.63) is 12.7 Å². The highest BCUT2D eigenvalue weighted by Gasteiger charge is 2.43. The molecule has 0 aliphatic carbocycles. The molecule has 1 heterocycles. The largest absolute Gasteiger partial charge is 0.346 e. The molecule has 12 heteroatoms. The number of likely N-dealkylation sites (tertiary alicyclic amines) is 1. The number of rotatable bonds is 13. The molecule has 1 saturated heterocycles. The average molecular weight is 579 g/mol. The maximum atomic E-state index is 13.8. The summed E-state index contributed by atoms with van der Waals surface area (Å²) in [5, 5.41) is 13.2. The van der Waals surface area contributed by atoms with Gasteiger partial charge in [0.25, 0.3) is 11.7 Å². The van der Waals surface area contributed by atoms with E-state index in [4.69, 9.17) is 0 Å². The van der Waals surface area contributed by atoms with Crippen LogP contribution in [0.5, 0.6) is 0 Å². The van der Waals surface area contributed by atoms with Crippen molar-refractivity contribution in [3.8, 4) is 0 Å². The number of ketones is 2. The van der Waals surface area contributed by atoms with E-state index in [2.05, 4.69) is 33.2 Å². The number of hydrogen-bond donors (Lipinski definition) is 5. The summed E-state index contributed by atoms with van der Waals surface area (Å²) in [6.07, 6.45) is 1.05. The predicted molar refractivity (Wildman–Crippen MR) is 157 cm³/mol. The van der Waals surface area contributed by atoms with Crippen LogP contribution in [0.3, 0.4) is 0 Å². The molecule has 4 atom stereocenters. The zero-order valence-corrected chi connectivity index (χ0v) is 26.1. The Morgan fingerprint density at radius 3 is 2.07 bits per heavy atom.